The van der Waals surface area contributed by atoms with Gasteiger partial charge in [-0.15, -0.1) is 0 Å². The van der Waals surface area contributed by atoms with Gasteiger partial charge in [0.05, 0.1) is 11.0 Å². The molecule has 0 heterocycles. The standard InChI is InChI=1S/C11H12BrFN2O2/c1-6-3-8(12)9(13)4-10(6)15-11(17)5-14-7(2)16/h3-4H,5H2,1-2H3,(H,14,16)(H,15,17). The van der Waals surface area contributed by atoms with Crippen molar-refractivity contribution in [2.75, 3.05) is 11.9 Å². The Hall–Kier alpha value is -1.43. The third-order valence-electron chi connectivity index (χ3n) is 2.04. The molecule has 0 saturated heterocycles. The predicted molar refractivity (Wildman–Crippen MR) is 66.2 cm³/mol. The van der Waals surface area contributed by atoms with Gasteiger partial charge in [-0.05, 0) is 40.5 Å². The molecule has 0 fully saturated rings. The maximum absolute atomic E-state index is 13.3. The van der Waals surface area contributed by atoms with Crippen LogP contribution in [-0.4, -0.2) is 18.4 Å². The minimum absolute atomic E-state index is 0.132. The number of amides is 2. The molecule has 6 heteroatoms. The van der Waals surface area contributed by atoms with E-state index in [1.54, 1.807) is 13.0 Å². The monoisotopic (exact) mass is 302 g/mol. The fourth-order valence-electron chi connectivity index (χ4n) is 1.18. The maximum atomic E-state index is 13.3. The first-order chi connectivity index (χ1) is 7.90. The molecule has 0 saturated carbocycles. The van der Waals surface area contributed by atoms with E-state index in [0.717, 1.165) is 5.56 Å². The van der Waals surface area contributed by atoms with Crippen LogP contribution in [0.5, 0.6) is 0 Å². The zero-order valence-corrected chi connectivity index (χ0v) is 11.0. The predicted octanol–water partition coefficient (Wildman–Crippen LogP) is 1.97. The van der Waals surface area contributed by atoms with Crippen molar-refractivity contribution in [1.29, 1.82) is 0 Å². The van der Waals surface area contributed by atoms with E-state index in [4.69, 9.17) is 0 Å². The summed E-state index contributed by atoms with van der Waals surface area (Å²) in [5, 5.41) is 4.88. The molecule has 92 valence electrons. The van der Waals surface area contributed by atoms with Crippen molar-refractivity contribution in [3.8, 4) is 0 Å². The van der Waals surface area contributed by atoms with Gasteiger partial charge in [0.2, 0.25) is 11.8 Å². The van der Waals surface area contributed by atoms with Gasteiger partial charge in [-0.25, -0.2) is 4.39 Å². The van der Waals surface area contributed by atoms with Crippen molar-refractivity contribution >= 4 is 33.4 Å². The molecular weight excluding hydrogens is 291 g/mol. The van der Waals surface area contributed by atoms with E-state index < -0.39 is 11.7 Å². The molecule has 0 radical (unpaired) electrons. The molecule has 4 nitrogen and oxygen atoms in total. The molecule has 0 aliphatic rings. The molecule has 0 aromatic heterocycles. The largest absolute Gasteiger partial charge is 0.347 e. The Kier molecular flexibility index (Phi) is 4.62. The number of benzene rings is 1. The minimum atomic E-state index is -0.453. The smallest absolute Gasteiger partial charge is 0.243 e. The Labute approximate surface area is 107 Å². The number of rotatable bonds is 3. The molecular formula is C11H12BrFN2O2. The zero-order valence-electron chi connectivity index (χ0n) is 9.43. The van der Waals surface area contributed by atoms with Crippen molar-refractivity contribution in [2.24, 2.45) is 0 Å². The van der Waals surface area contributed by atoms with Crippen LogP contribution in [-0.2, 0) is 9.59 Å². The summed E-state index contributed by atoms with van der Waals surface area (Å²) in [5.74, 6) is -1.14. The summed E-state index contributed by atoms with van der Waals surface area (Å²) in [6.07, 6.45) is 0. The zero-order chi connectivity index (χ0) is 13.0. The van der Waals surface area contributed by atoms with E-state index in [9.17, 15) is 14.0 Å². The summed E-state index contributed by atoms with van der Waals surface area (Å²) < 4.78 is 13.6. The van der Waals surface area contributed by atoms with Gasteiger partial charge in [-0.3, -0.25) is 9.59 Å². The van der Waals surface area contributed by atoms with Gasteiger partial charge in [0.1, 0.15) is 5.82 Å². The van der Waals surface area contributed by atoms with Crippen LogP contribution >= 0.6 is 15.9 Å². The van der Waals surface area contributed by atoms with E-state index in [1.807, 2.05) is 0 Å². The average molecular weight is 303 g/mol. The van der Waals surface area contributed by atoms with Crippen LogP contribution in [0.2, 0.25) is 0 Å². The molecule has 17 heavy (non-hydrogen) atoms. The Morgan fingerprint density at radius 3 is 2.65 bits per heavy atom. The lowest BCUT2D eigenvalue weighted by Gasteiger charge is -2.09. The second-order valence-corrected chi connectivity index (χ2v) is 4.39. The number of carbonyl (C=O) groups excluding carboxylic acids is 2. The third kappa shape index (κ3) is 4.14. The van der Waals surface area contributed by atoms with Gasteiger partial charge in [0.15, 0.2) is 0 Å². The molecule has 1 rings (SSSR count). The van der Waals surface area contributed by atoms with Gasteiger partial charge in [-0.2, -0.15) is 0 Å². The van der Waals surface area contributed by atoms with Gasteiger partial charge < -0.3 is 10.6 Å². The second kappa shape index (κ2) is 5.77. The topological polar surface area (TPSA) is 58.2 Å². The summed E-state index contributed by atoms with van der Waals surface area (Å²) in [6, 6.07) is 2.80. The summed E-state index contributed by atoms with van der Waals surface area (Å²) in [5.41, 5.74) is 1.12. The number of nitrogens with one attached hydrogen (secondary N) is 2. The first-order valence-electron chi connectivity index (χ1n) is 4.90. The Bertz CT molecular complexity index is 463. The highest BCUT2D eigenvalue weighted by atomic mass is 79.9. The second-order valence-electron chi connectivity index (χ2n) is 3.54. The van der Waals surface area contributed by atoms with Crippen LogP contribution in [0.3, 0.4) is 0 Å². The first-order valence-corrected chi connectivity index (χ1v) is 5.69. The number of hydrogen-bond donors (Lipinski definition) is 2. The summed E-state index contributed by atoms with van der Waals surface area (Å²) in [4.78, 5) is 22.0. The van der Waals surface area contributed by atoms with E-state index in [2.05, 4.69) is 26.6 Å². The number of hydrogen-bond acceptors (Lipinski definition) is 2. The SMILES string of the molecule is CC(=O)NCC(=O)Nc1cc(F)c(Br)cc1C. The van der Waals surface area contributed by atoms with Crippen molar-refractivity contribution < 1.29 is 14.0 Å². The third-order valence-corrected chi connectivity index (χ3v) is 2.65. The molecule has 0 spiro atoms. The van der Waals surface area contributed by atoms with E-state index in [1.165, 1.54) is 13.0 Å². The molecule has 0 atom stereocenters. The van der Waals surface area contributed by atoms with Gasteiger partial charge in [0, 0.05) is 12.6 Å². The van der Waals surface area contributed by atoms with Crippen LogP contribution < -0.4 is 10.6 Å². The molecule has 1 aromatic carbocycles. The highest BCUT2D eigenvalue weighted by Gasteiger charge is 2.08. The molecule has 0 aliphatic heterocycles. The number of carbonyl (C=O) groups is 2. The highest BCUT2D eigenvalue weighted by Crippen LogP contribution is 2.23. The number of anilines is 1. The molecule has 1 aromatic rings. The van der Waals surface area contributed by atoms with Crippen LogP contribution in [0.4, 0.5) is 10.1 Å². The van der Waals surface area contributed by atoms with E-state index in [-0.39, 0.29) is 12.5 Å². The number of aryl methyl sites for hydroxylation is 1. The van der Waals surface area contributed by atoms with Gasteiger partial charge in [0.25, 0.3) is 0 Å². The van der Waals surface area contributed by atoms with Crippen molar-refractivity contribution in [3.63, 3.8) is 0 Å². The molecule has 2 amide bonds. The fraction of sp³-hybridized carbons (Fsp3) is 0.273. The molecule has 0 aliphatic carbocycles. The highest BCUT2D eigenvalue weighted by molar-refractivity contribution is 9.10. The van der Waals surface area contributed by atoms with E-state index >= 15 is 0 Å². The minimum Gasteiger partial charge on any atom is -0.347 e. The summed E-state index contributed by atoms with van der Waals surface area (Å²) in [6.45, 7) is 2.93. The number of halogens is 2. The van der Waals surface area contributed by atoms with Crippen molar-refractivity contribution in [1.82, 2.24) is 5.32 Å². The van der Waals surface area contributed by atoms with Crippen LogP contribution in [0.1, 0.15) is 12.5 Å². The lowest BCUT2D eigenvalue weighted by molar-refractivity contribution is -0.122. The lowest BCUT2D eigenvalue weighted by Crippen LogP contribution is -2.31. The van der Waals surface area contributed by atoms with Crippen LogP contribution in [0.15, 0.2) is 16.6 Å². The van der Waals surface area contributed by atoms with Crippen molar-refractivity contribution in [3.05, 3.63) is 28.0 Å². The quantitative estimate of drug-likeness (QED) is 0.897. The first kappa shape index (κ1) is 13.6. The molecule has 0 unspecified atom stereocenters. The van der Waals surface area contributed by atoms with Gasteiger partial charge >= 0.3 is 0 Å². The van der Waals surface area contributed by atoms with Crippen LogP contribution in [0, 0.1) is 12.7 Å². The Balaban J connectivity index is 2.71. The van der Waals surface area contributed by atoms with Crippen molar-refractivity contribution in [2.45, 2.75) is 13.8 Å². The summed E-state index contributed by atoms with van der Waals surface area (Å²) in [7, 11) is 0. The average Bonchev–Trinajstić information content (AvgIpc) is 2.23. The normalized spacial score (nSPS) is 9.88. The maximum Gasteiger partial charge on any atom is 0.243 e. The van der Waals surface area contributed by atoms with Gasteiger partial charge in [-0.1, -0.05) is 0 Å². The lowest BCUT2D eigenvalue weighted by atomic mass is 10.2. The Morgan fingerprint density at radius 2 is 2.06 bits per heavy atom. The molecule has 2 N–H and O–H groups in total. The molecule has 0 bridgehead atoms. The van der Waals surface area contributed by atoms with Crippen LogP contribution in [0.25, 0.3) is 0 Å². The van der Waals surface area contributed by atoms with E-state index in [0.29, 0.717) is 10.2 Å². The fourth-order valence-corrected chi connectivity index (χ4v) is 1.64. The Morgan fingerprint density at radius 1 is 1.41 bits per heavy atom. The summed E-state index contributed by atoms with van der Waals surface area (Å²) >= 11 is 3.05.